The van der Waals surface area contributed by atoms with E-state index >= 15 is 0 Å². The van der Waals surface area contributed by atoms with E-state index in [1.165, 1.54) is 24.3 Å². The summed E-state index contributed by atoms with van der Waals surface area (Å²) >= 11 is 6.16. The minimum absolute atomic E-state index is 0.142. The Balaban J connectivity index is 1.78. The molecule has 2 saturated carbocycles. The van der Waals surface area contributed by atoms with Crippen LogP contribution in [0.5, 0.6) is 0 Å². The quantitative estimate of drug-likeness (QED) is 0.764. The summed E-state index contributed by atoms with van der Waals surface area (Å²) in [6.07, 6.45) is 0.611. The van der Waals surface area contributed by atoms with Crippen LogP contribution in [0.4, 0.5) is 13.2 Å². The molecule has 2 aliphatic rings. The fraction of sp³-hybridized carbons (Fsp3) is 0.632. The third kappa shape index (κ3) is 3.86. The molecule has 2 fully saturated rings. The molecule has 1 aromatic rings. The smallest absolute Gasteiger partial charge is 0.376 e. The van der Waals surface area contributed by atoms with E-state index in [1.54, 1.807) is 0 Å². The molecule has 0 spiro atoms. The van der Waals surface area contributed by atoms with Crippen molar-refractivity contribution < 1.29 is 23.1 Å². The normalized spacial score (nSPS) is 26.2. The fourth-order valence-electron chi connectivity index (χ4n) is 3.55. The summed E-state index contributed by atoms with van der Waals surface area (Å²) in [6.45, 7) is 0.713. The third-order valence-corrected chi connectivity index (χ3v) is 5.88. The van der Waals surface area contributed by atoms with Crippen molar-refractivity contribution in [3.63, 3.8) is 0 Å². The lowest BCUT2D eigenvalue weighted by molar-refractivity contribution is -0.258. The Hall–Kier alpha value is -1.27. The lowest BCUT2D eigenvalue weighted by atomic mass is 9.92. The number of alkyl halides is 4. The summed E-state index contributed by atoms with van der Waals surface area (Å²) in [4.78, 5) is 14.9. The molecule has 1 atom stereocenters. The molecule has 26 heavy (non-hydrogen) atoms. The first-order chi connectivity index (χ1) is 12.1. The molecule has 1 aromatic carbocycles. The lowest BCUT2D eigenvalue weighted by Gasteiger charge is -2.36. The largest absolute Gasteiger partial charge is 0.421 e. The molecule has 0 aliphatic heterocycles. The molecule has 7 heteroatoms. The van der Waals surface area contributed by atoms with Gasteiger partial charge in [-0.25, -0.2) is 0 Å². The summed E-state index contributed by atoms with van der Waals surface area (Å²) < 4.78 is 38.9. The first kappa shape index (κ1) is 19.5. The highest BCUT2D eigenvalue weighted by atomic mass is 35.5. The maximum Gasteiger partial charge on any atom is 0.421 e. The van der Waals surface area contributed by atoms with E-state index in [4.69, 9.17) is 11.6 Å². The zero-order valence-corrected chi connectivity index (χ0v) is 15.4. The van der Waals surface area contributed by atoms with Crippen molar-refractivity contribution in [2.24, 2.45) is 0 Å². The predicted molar refractivity (Wildman–Crippen MR) is 93.2 cm³/mol. The molecule has 1 N–H and O–H groups in total. The molecular weight excluding hydrogens is 367 g/mol. The molecule has 0 radical (unpaired) electrons. The lowest BCUT2D eigenvalue weighted by Crippen LogP contribution is -2.44. The van der Waals surface area contributed by atoms with Gasteiger partial charge in [-0.05, 0) is 63.1 Å². The highest BCUT2D eigenvalue weighted by Gasteiger charge is 2.51. The number of aliphatic hydroxyl groups is 1. The number of halogens is 4. The molecule has 0 unspecified atom stereocenters. The molecule has 1 amide bonds. The summed E-state index contributed by atoms with van der Waals surface area (Å²) in [5.41, 5.74) is -2.86. The van der Waals surface area contributed by atoms with Gasteiger partial charge in [0.1, 0.15) is 0 Å². The number of benzene rings is 1. The minimum atomic E-state index is -4.78. The maximum atomic E-state index is 13.0. The number of amides is 1. The Bertz CT molecular complexity index is 648. The van der Waals surface area contributed by atoms with Gasteiger partial charge in [-0.3, -0.25) is 4.79 Å². The number of carbonyl (C=O) groups is 1. The Morgan fingerprint density at radius 1 is 1.04 bits per heavy atom. The average Bonchev–Trinajstić information content (AvgIpc) is 3.41. The van der Waals surface area contributed by atoms with Gasteiger partial charge in [0.15, 0.2) is 5.60 Å². The minimum Gasteiger partial charge on any atom is -0.376 e. The zero-order chi connectivity index (χ0) is 19.1. The maximum absolute atomic E-state index is 13.0. The van der Waals surface area contributed by atoms with E-state index < -0.39 is 11.8 Å². The average molecular weight is 390 g/mol. The van der Waals surface area contributed by atoms with Crippen LogP contribution in [-0.2, 0) is 5.60 Å². The second-order valence-electron chi connectivity index (χ2n) is 7.50. The molecule has 2 aliphatic carbocycles. The van der Waals surface area contributed by atoms with Gasteiger partial charge in [0, 0.05) is 23.0 Å². The Labute approximate surface area is 156 Å². The molecule has 0 saturated heterocycles. The highest BCUT2D eigenvalue weighted by molar-refractivity contribution is 6.20. The number of rotatable bonds is 4. The van der Waals surface area contributed by atoms with Gasteiger partial charge in [-0.1, -0.05) is 12.1 Å². The first-order valence-corrected chi connectivity index (χ1v) is 9.41. The van der Waals surface area contributed by atoms with Gasteiger partial charge in [0.2, 0.25) is 0 Å². The van der Waals surface area contributed by atoms with Gasteiger partial charge < -0.3 is 10.0 Å². The molecule has 0 bridgehead atoms. The van der Waals surface area contributed by atoms with Crippen molar-refractivity contribution >= 4 is 17.5 Å². The highest BCUT2D eigenvalue weighted by Crippen LogP contribution is 2.39. The van der Waals surface area contributed by atoms with Crippen LogP contribution in [0.3, 0.4) is 0 Å². The molecule has 0 heterocycles. The van der Waals surface area contributed by atoms with Crippen molar-refractivity contribution in [1.82, 2.24) is 4.90 Å². The van der Waals surface area contributed by atoms with E-state index in [-0.39, 0.29) is 28.9 Å². The molecular formula is C19H23ClF3NO2. The van der Waals surface area contributed by atoms with Crippen LogP contribution in [0.2, 0.25) is 0 Å². The van der Waals surface area contributed by atoms with E-state index in [2.05, 4.69) is 0 Å². The summed E-state index contributed by atoms with van der Waals surface area (Å²) in [5.74, 6) is -0.149. The van der Waals surface area contributed by atoms with E-state index in [0.717, 1.165) is 38.5 Å². The number of carbonyl (C=O) groups excluding carboxylic acids is 1. The van der Waals surface area contributed by atoms with Crippen molar-refractivity contribution in [2.45, 2.75) is 74.7 Å². The molecule has 3 rings (SSSR count). The van der Waals surface area contributed by atoms with Crippen LogP contribution in [0.15, 0.2) is 24.3 Å². The van der Waals surface area contributed by atoms with Crippen molar-refractivity contribution in [1.29, 1.82) is 0 Å². The van der Waals surface area contributed by atoms with Crippen LogP contribution in [-0.4, -0.2) is 39.6 Å². The van der Waals surface area contributed by atoms with Crippen LogP contribution >= 0.6 is 11.6 Å². The molecule has 0 aromatic heterocycles. The second kappa shape index (κ2) is 7.04. The Morgan fingerprint density at radius 2 is 1.50 bits per heavy atom. The van der Waals surface area contributed by atoms with Crippen LogP contribution in [0.25, 0.3) is 0 Å². The molecule has 144 valence electrons. The summed E-state index contributed by atoms with van der Waals surface area (Å²) in [5, 5.41) is 9.91. The Kier molecular flexibility index (Phi) is 5.28. The predicted octanol–water partition coefficient (Wildman–Crippen LogP) is 4.61. The van der Waals surface area contributed by atoms with Crippen LogP contribution in [0.1, 0.15) is 61.4 Å². The van der Waals surface area contributed by atoms with E-state index in [1.807, 2.05) is 4.90 Å². The van der Waals surface area contributed by atoms with Gasteiger partial charge >= 0.3 is 6.18 Å². The van der Waals surface area contributed by atoms with Crippen molar-refractivity contribution in [3.8, 4) is 0 Å². The third-order valence-electron chi connectivity index (χ3n) is 5.44. The standard InChI is InChI=1S/C19H23ClF3NO2/c1-18(26,19(21,22)23)13-4-2-12(3-5-13)17(25)24(16-10-11-16)15-8-6-14(20)7-9-15/h2-5,14-16,26H,6-11H2,1H3/t14-,15-,18-/m0/s1. The van der Waals surface area contributed by atoms with Gasteiger partial charge in [0.05, 0.1) is 0 Å². The second-order valence-corrected chi connectivity index (χ2v) is 8.11. The van der Waals surface area contributed by atoms with E-state index in [9.17, 15) is 23.1 Å². The van der Waals surface area contributed by atoms with Gasteiger partial charge in [-0.15, -0.1) is 11.6 Å². The van der Waals surface area contributed by atoms with Crippen molar-refractivity contribution in [3.05, 3.63) is 35.4 Å². The topological polar surface area (TPSA) is 40.5 Å². The van der Waals surface area contributed by atoms with Crippen LogP contribution < -0.4 is 0 Å². The molecule has 3 nitrogen and oxygen atoms in total. The number of hydrogen-bond acceptors (Lipinski definition) is 2. The van der Waals surface area contributed by atoms with Gasteiger partial charge in [-0.2, -0.15) is 13.2 Å². The number of hydrogen-bond donors (Lipinski definition) is 1. The SMILES string of the molecule is C[C@](O)(c1ccc(C(=O)N(C2CC2)[C@H]2CC[C@H](Cl)CC2)cc1)C(F)(F)F. The fourth-order valence-corrected chi connectivity index (χ4v) is 3.80. The van der Waals surface area contributed by atoms with Gasteiger partial charge in [0.25, 0.3) is 5.91 Å². The Morgan fingerprint density at radius 3 is 1.92 bits per heavy atom. The zero-order valence-electron chi connectivity index (χ0n) is 14.6. The first-order valence-electron chi connectivity index (χ1n) is 8.97. The monoisotopic (exact) mass is 389 g/mol. The summed E-state index contributed by atoms with van der Waals surface area (Å²) in [7, 11) is 0. The summed E-state index contributed by atoms with van der Waals surface area (Å²) in [6, 6.07) is 5.48. The number of nitrogens with zero attached hydrogens (tertiary/aromatic N) is 1. The van der Waals surface area contributed by atoms with E-state index in [0.29, 0.717) is 12.5 Å². The van der Waals surface area contributed by atoms with Crippen LogP contribution in [0, 0.1) is 0 Å². The van der Waals surface area contributed by atoms with Crippen molar-refractivity contribution in [2.75, 3.05) is 0 Å².